The van der Waals surface area contributed by atoms with Crippen molar-refractivity contribution in [1.29, 1.82) is 0 Å². The second kappa shape index (κ2) is 5.05. The minimum atomic E-state index is -3.28. The van der Waals surface area contributed by atoms with Gasteiger partial charge in [-0.3, -0.25) is 0 Å². The minimum absolute atomic E-state index is 0.133. The van der Waals surface area contributed by atoms with Crippen molar-refractivity contribution in [2.75, 3.05) is 6.26 Å². The lowest BCUT2D eigenvalue weighted by Crippen LogP contribution is -2.02. The van der Waals surface area contributed by atoms with Gasteiger partial charge < -0.3 is 5.11 Å². The van der Waals surface area contributed by atoms with E-state index >= 15 is 0 Å². The molecule has 2 rings (SSSR count). The Kier molecular flexibility index (Phi) is 3.62. The van der Waals surface area contributed by atoms with E-state index < -0.39 is 9.84 Å². The summed E-state index contributed by atoms with van der Waals surface area (Å²) in [5, 5.41) is 9.95. The van der Waals surface area contributed by atoms with Crippen LogP contribution in [0, 0.1) is 6.92 Å². The Balaban J connectivity index is 2.47. The predicted molar refractivity (Wildman–Crippen MR) is 75.2 cm³/mol. The van der Waals surface area contributed by atoms with Crippen molar-refractivity contribution in [3.63, 3.8) is 0 Å². The van der Waals surface area contributed by atoms with Crippen molar-refractivity contribution in [2.45, 2.75) is 18.2 Å². The van der Waals surface area contributed by atoms with E-state index in [1.807, 2.05) is 30.3 Å². The molecule has 0 atom stereocenters. The topological polar surface area (TPSA) is 54.4 Å². The molecule has 0 aromatic heterocycles. The zero-order valence-electron chi connectivity index (χ0n) is 10.9. The molecule has 0 aliphatic heterocycles. The number of aryl methyl sites for hydroxylation is 1. The Morgan fingerprint density at radius 2 is 1.74 bits per heavy atom. The highest BCUT2D eigenvalue weighted by molar-refractivity contribution is 7.90. The zero-order valence-corrected chi connectivity index (χ0v) is 11.7. The second-order valence-corrected chi connectivity index (χ2v) is 6.67. The maximum Gasteiger partial charge on any atom is 0.175 e. The smallest absolute Gasteiger partial charge is 0.175 e. The van der Waals surface area contributed by atoms with Gasteiger partial charge in [-0.15, -0.1) is 0 Å². The third kappa shape index (κ3) is 3.15. The molecule has 0 fully saturated rings. The molecule has 0 aliphatic rings. The number of hydrogen-bond acceptors (Lipinski definition) is 3. The fraction of sp³-hybridized carbons (Fsp3) is 0.200. The van der Waals surface area contributed by atoms with Crippen LogP contribution < -0.4 is 0 Å². The van der Waals surface area contributed by atoms with Gasteiger partial charge in [0.1, 0.15) is 5.75 Å². The molecule has 0 unspecified atom stereocenters. The number of phenolic OH excluding ortho intramolecular Hbond substituents is 1. The molecule has 2 aromatic carbocycles. The van der Waals surface area contributed by atoms with E-state index in [-0.39, 0.29) is 10.6 Å². The molecule has 0 amide bonds. The summed E-state index contributed by atoms with van der Waals surface area (Å²) in [6, 6.07) is 12.7. The second-order valence-electron chi connectivity index (χ2n) is 4.68. The quantitative estimate of drug-likeness (QED) is 0.937. The van der Waals surface area contributed by atoms with Crippen LogP contribution in [0.2, 0.25) is 0 Å². The highest BCUT2D eigenvalue weighted by atomic mass is 32.2. The van der Waals surface area contributed by atoms with Crippen LogP contribution in [0.15, 0.2) is 47.4 Å². The van der Waals surface area contributed by atoms with E-state index in [2.05, 4.69) is 0 Å². The molecule has 3 nitrogen and oxygen atoms in total. The van der Waals surface area contributed by atoms with E-state index in [0.717, 1.165) is 5.56 Å². The fourth-order valence-corrected chi connectivity index (χ4v) is 3.07. The molecule has 0 aliphatic carbocycles. The zero-order chi connectivity index (χ0) is 14.0. The van der Waals surface area contributed by atoms with Gasteiger partial charge in [0.2, 0.25) is 0 Å². The first-order valence-electron chi connectivity index (χ1n) is 5.94. The normalized spacial score (nSPS) is 11.5. The number of sulfone groups is 1. The standard InChI is InChI=1S/C15H16O3S/c1-11-8-14(16)13(10-15(11)19(2,17)18)9-12-6-4-3-5-7-12/h3-8,10,16H,9H2,1-2H3. The summed E-state index contributed by atoms with van der Waals surface area (Å²) in [5.41, 5.74) is 2.22. The van der Waals surface area contributed by atoms with Gasteiger partial charge in [0, 0.05) is 12.7 Å². The van der Waals surface area contributed by atoms with Crippen molar-refractivity contribution >= 4 is 9.84 Å². The van der Waals surface area contributed by atoms with Gasteiger partial charge in [-0.25, -0.2) is 8.42 Å². The molecule has 2 aromatic rings. The molecule has 100 valence electrons. The van der Waals surface area contributed by atoms with E-state index in [4.69, 9.17) is 0 Å². The third-order valence-corrected chi connectivity index (χ3v) is 4.25. The van der Waals surface area contributed by atoms with Crippen molar-refractivity contribution in [1.82, 2.24) is 0 Å². The summed E-state index contributed by atoms with van der Waals surface area (Å²) < 4.78 is 23.4. The average molecular weight is 276 g/mol. The van der Waals surface area contributed by atoms with Gasteiger partial charge in [-0.05, 0) is 35.7 Å². The highest BCUT2D eigenvalue weighted by Crippen LogP contribution is 2.27. The molecular weight excluding hydrogens is 260 g/mol. The number of hydrogen-bond donors (Lipinski definition) is 1. The Hall–Kier alpha value is -1.81. The Bertz CT molecular complexity index is 689. The largest absolute Gasteiger partial charge is 0.508 e. The molecule has 0 bridgehead atoms. The van der Waals surface area contributed by atoms with E-state index in [9.17, 15) is 13.5 Å². The number of benzene rings is 2. The number of phenols is 1. The first-order chi connectivity index (χ1) is 8.88. The Labute approximate surface area is 113 Å². The molecule has 0 saturated heterocycles. The van der Waals surface area contributed by atoms with Crippen LogP contribution >= 0.6 is 0 Å². The van der Waals surface area contributed by atoms with Gasteiger partial charge in [-0.2, -0.15) is 0 Å². The molecule has 1 N–H and O–H groups in total. The lowest BCUT2D eigenvalue weighted by Gasteiger charge is -2.10. The minimum Gasteiger partial charge on any atom is -0.508 e. The maximum atomic E-state index is 11.7. The molecule has 19 heavy (non-hydrogen) atoms. The Morgan fingerprint density at radius 1 is 1.11 bits per heavy atom. The van der Waals surface area contributed by atoms with Crippen molar-refractivity contribution in [3.8, 4) is 5.75 Å². The first kappa shape index (κ1) is 13.6. The van der Waals surface area contributed by atoms with Crippen LogP contribution in [-0.4, -0.2) is 19.8 Å². The summed E-state index contributed by atoms with van der Waals surface area (Å²) in [5.74, 6) is 0.133. The van der Waals surface area contributed by atoms with Gasteiger partial charge >= 0.3 is 0 Å². The van der Waals surface area contributed by atoms with Crippen molar-refractivity contribution in [3.05, 3.63) is 59.2 Å². The average Bonchev–Trinajstić information content (AvgIpc) is 2.32. The van der Waals surface area contributed by atoms with Gasteiger partial charge in [0.15, 0.2) is 9.84 Å². The Morgan fingerprint density at radius 3 is 2.32 bits per heavy atom. The van der Waals surface area contributed by atoms with Crippen LogP contribution in [0.4, 0.5) is 0 Å². The highest BCUT2D eigenvalue weighted by Gasteiger charge is 2.14. The number of rotatable bonds is 3. The van der Waals surface area contributed by atoms with Crippen LogP contribution in [0.1, 0.15) is 16.7 Å². The summed E-state index contributed by atoms with van der Waals surface area (Å²) in [6.07, 6.45) is 1.69. The number of aromatic hydroxyl groups is 1. The molecule has 0 heterocycles. The van der Waals surface area contributed by atoms with Crippen molar-refractivity contribution in [2.24, 2.45) is 0 Å². The van der Waals surface area contributed by atoms with Crippen LogP contribution in [0.3, 0.4) is 0 Å². The summed E-state index contributed by atoms with van der Waals surface area (Å²) in [6.45, 7) is 1.68. The maximum absolute atomic E-state index is 11.7. The SMILES string of the molecule is Cc1cc(O)c(Cc2ccccc2)cc1S(C)(=O)=O. The summed E-state index contributed by atoms with van der Waals surface area (Å²) in [4.78, 5) is 0.274. The van der Waals surface area contributed by atoms with Crippen LogP contribution in [0.25, 0.3) is 0 Å². The lowest BCUT2D eigenvalue weighted by molar-refractivity contribution is 0.468. The summed E-state index contributed by atoms with van der Waals surface area (Å²) in [7, 11) is -3.28. The molecule has 0 saturated carbocycles. The molecule has 4 heteroatoms. The van der Waals surface area contributed by atoms with E-state index in [0.29, 0.717) is 17.5 Å². The van der Waals surface area contributed by atoms with Gasteiger partial charge in [-0.1, -0.05) is 30.3 Å². The lowest BCUT2D eigenvalue weighted by atomic mass is 10.0. The molecular formula is C15H16O3S. The molecule has 0 spiro atoms. The monoisotopic (exact) mass is 276 g/mol. The third-order valence-electron chi connectivity index (χ3n) is 3.01. The van der Waals surface area contributed by atoms with E-state index in [1.54, 1.807) is 13.0 Å². The van der Waals surface area contributed by atoms with Crippen molar-refractivity contribution < 1.29 is 13.5 Å². The van der Waals surface area contributed by atoms with Gasteiger partial charge in [0.25, 0.3) is 0 Å². The molecule has 0 radical (unpaired) electrons. The fourth-order valence-electron chi connectivity index (χ4n) is 2.07. The first-order valence-corrected chi connectivity index (χ1v) is 7.83. The van der Waals surface area contributed by atoms with Crippen LogP contribution in [0.5, 0.6) is 5.75 Å². The predicted octanol–water partition coefficient (Wildman–Crippen LogP) is 2.69. The van der Waals surface area contributed by atoms with Crippen LogP contribution in [-0.2, 0) is 16.3 Å². The summed E-state index contributed by atoms with van der Waals surface area (Å²) >= 11 is 0. The van der Waals surface area contributed by atoms with E-state index in [1.165, 1.54) is 12.3 Å². The van der Waals surface area contributed by atoms with Gasteiger partial charge in [0.05, 0.1) is 4.90 Å².